The third-order valence-corrected chi connectivity index (χ3v) is 5.26. The van der Waals surface area contributed by atoms with E-state index in [9.17, 15) is 9.59 Å². The van der Waals surface area contributed by atoms with Crippen molar-refractivity contribution in [2.45, 2.75) is 20.8 Å². The van der Waals surface area contributed by atoms with Crippen molar-refractivity contribution in [3.63, 3.8) is 0 Å². The topological polar surface area (TPSA) is 83.4 Å². The summed E-state index contributed by atoms with van der Waals surface area (Å²) in [7, 11) is 0. The Morgan fingerprint density at radius 2 is 1.67 bits per heavy atom. The van der Waals surface area contributed by atoms with Gasteiger partial charge >= 0.3 is 0 Å². The SMILES string of the molecule is Cc1ccc(-c2ccc(/C=C/C(=O)NC(=S)Nc3ccc(NC(=O)C(C)C)cc3)o2)cc1Cl. The van der Waals surface area contributed by atoms with Crippen LogP contribution in [0.25, 0.3) is 17.4 Å². The van der Waals surface area contributed by atoms with Crippen LogP contribution < -0.4 is 16.0 Å². The minimum absolute atomic E-state index is 0.0587. The molecule has 8 heteroatoms. The molecule has 2 amide bonds. The van der Waals surface area contributed by atoms with Crippen molar-refractivity contribution in [3.8, 4) is 11.3 Å². The smallest absolute Gasteiger partial charge is 0.250 e. The summed E-state index contributed by atoms with van der Waals surface area (Å²) >= 11 is 11.4. The van der Waals surface area contributed by atoms with E-state index >= 15 is 0 Å². The first-order chi connectivity index (χ1) is 15.7. The van der Waals surface area contributed by atoms with E-state index in [2.05, 4.69) is 16.0 Å². The van der Waals surface area contributed by atoms with Crippen LogP contribution in [0.4, 0.5) is 11.4 Å². The Morgan fingerprint density at radius 1 is 1.00 bits per heavy atom. The first-order valence-corrected chi connectivity index (χ1v) is 11.1. The van der Waals surface area contributed by atoms with Crippen LogP contribution in [0.2, 0.25) is 5.02 Å². The molecule has 2 aromatic carbocycles. The third kappa shape index (κ3) is 7.03. The van der Waals surface area contributed by atoms with Gasteiger partial charge in [-0.25, -0.2) is 0 Å². The lowest BCUT2D eigenvalue weighted by Gasteiger charge is -2.10. The van der Waals surface area contributed by atoms with Crippen LogP contribution in [-0.4, -0.2) is 16.9 Å². The maximum Gasteiger partial charge on any atom is 0.250 e. The van der Waals surface area contributed by atoms with Crippen LogP contribution >= 0.6 is 23.8 Å². The molecular formula is C25H24ClN3O3S. The highest BCUT2D eigenvalue weighted by molar-refractivity contribution is 7.80. The molecule has 0 aliphatic carbocycles. The van der Waals surface area contributed by atoms with Crippen molar-refractivity contribution in [1.82, 2.24) is 5.32 Å². The molecule has 0 aliphatic rings. The summed E-state index contributed by atoms with van der Waals surface area (Å²) in [6.07, 6.45) is 2.90. The third-order valence-electron chi connectivity index (χ3n) is 4.65. The number of benzene rings is 2. The van der Waals surface area contributed by atoms with Gasteiger partial charge in [-0.2, -0.15) is 0 Å². The van der Waals surface area contributed by atoms with Gasteiger partial charge < -0.3 is 15.1 Å². The molecule has 0 radical (unpaired) electrons. The average molecular weight is 482 g/mol. The fourth-order valence-electron chi connectivity index (χ4n) is 2.74. The summed E-state index contributed by atoms with van der Waals surface area (Å²) in [5.41, 5.74) is 3.21. The lowest BCUT2D eigenvalue weighted by atomic mass is 10.1. The van der Waals surface area contributed by atoms with E-state index in [-0.39, 0.29) is 16.9 Å². The number of amides is 2. The van der Waals surface area contributed by atoms with E-state index in [1.54, 1.807) is 36.4 Å². The lowest BCUT2D eigenvalue weighted by Crippen LogP contribution is -2.32. The summed E-state index contributed by atoms with van der Waals surface area (Å²) in [6, 6.07) is 16.3. The average Bonchev–Trinajstić information content (AvgIpc) is 3.24. The molecule has 0 aliphatic heterocycles. The first-order valence-electron chi connectivity index (χ1n) is 10.3. The fraction of sp³-hybridized carbons (Fsp3) is 0.160. The van der Waals surface area contributed by atoms with Crippen LogP contribution in [0.5, 0.6) is 0 Å². The van der Waals surface area contributed by atoms with Gasteiger partial charge in [0.05, 0.1) is 0 Å². The predicted molar refractivity (Wildman–Crippen MR) is 137 cm³/mol. The van der Waals surface area contributed by atoms with Crippen molar-refractivity contribution in [1.29, 1.82) is 0 Å². The number of furan rings is 1. The molecule has 0 bridgehead atoms. The Labute approximate surface area is 203 Å². The molecule has 0 saturated carbocycles. The Morgan fingerprint density at radius 3 is 2.30 bits per heavy atom. The number of carbonyl (C=O) groups excluding carboxylic acids is 2. The van der Waals surface area contributed by atoms with Gasteiger partial charge in [0.2, 0.25) is 11.8 Å². The van der Waals surface area contributed by atoms with Crippen molar-refractivity contribution < 1.29 is 14.0 Å². The standard InChI is InChI=1S/C25H24ClN3O3S/c1-15(2)24(31)27-18-6-8-19(9-7-18)28-25(33)29-23(30)13-11-20-10-12-22(32-20)17-5-4-16(3)21(26)14-17/h4-15H,1-3H3,(H,27,31)(H2,28,29,30,33)/b13-11+. The molecule has 0 saturated heterocycles. The number of carbonyl (C=O) groups is 2. The molecule has 1 heterocycles. The number of thiocarbonyl (C=S) groups is 1. The molecule has 0 fully saturated rings. The van der Waals surface area contributed by atoms with Gasteiger partial charge in [-0.3, -0.25) is 14.9 Å². The molecule has 0 unspecified atom stereocenters. The molecular weight excluding hydrogens is 458 g/mol. The second kappa shape index (κ2) is 10.9. The number of hydrogen-bond donors (Lipinski definition) is 3. The number of anilines is 2. The quantitative estimate of drug-likeness (QED) is 0.296. The number of nitrogens with one attached hydrogen (secondary N) is 3. The Balaban J connectivity index is 1.52. The summed E-state index contributed by atoms with van der Waals surface area (Å²) in [4.78, 5) is 23.9. The van der Waals surface area contributed by atoms with Crippen LogP contribution in [0.1, 0.15) is 25.2 Å². The molecule has 1 aromatic heterocycles. The van der Waals surface area contributed by atoms with Gasteiger partial charge in [-0.05, 0) is 73.2 Å². The molecule has 0 spiro atoms. The molecule has 3 N–H and O–H groups in total. The Bertz CT molecular complexity index is 1200. The highest BCUT2D eigenvalue weighted by atomic mass is 35.5. The monoisotopic (exact) mass is 481 g/mol. The normalized spacial score (nSPS) is 10.9. The molecule has 3 aromatic rings. The van der Waals surface area contributed by atoms with Gasteiger partial charge in [0.15, 0.2) is 5.11 Å². The van der Waals surface area contributed by atoms with Crippen molar-refractivity contribution >= 4 is 58.2 Å². The number of aryl methyl sites for hydroxylation is 1. The minimum atomic E-state index is -0.398. The van der Waals surface area contributed by atoms with Gasteiger partial charge in [0.1, 0.15) is 11.5 Å². The van der Waals surface area contributed by atoms with Gasteiger partial charge in [0.25, 0.3) is 0 Å². The lowest BCUT2D eigenvalue weighted by molar-refractivity contribution is -0.119. The first kappa shape index (κ1) is 24.2. The predicted octanol–water partition coefficient (Wildman–Crippen LogP) is 6.03. The Hall–Kier alpha value is -3.42. The molecule has 3 rings (SSSR count). The van der Waals surface area contributed by atoms with Crippen LogP contribution in [0.15, 0.2) is 65.1 Å². The van der Waals surface area contributed by atoms with Crippen LogP contribution in [0.3, 0.4) is 0 Å². The highest BCUT2D eigenvalue weighted by Gasteiger charge is 2.08. The molecule has 6 nitrogen and oxygen atoms in total. The zero-order valence-corrected chi connectivity index (χ0v) is 20.0. The van der Waals surface area contributed by atoms with Gasteiger partial charge in [-0.1, -0.05) is 37.6 Å². The summed E-state index contributed by atoms with van der Waals surface area (Å²) < 4.78 is 5.77. The molecule has 33 heavy (non-hydrogen) atoms. The van der Waals surface area contributed by atoms with Crippen LogP contribution in [0, 0.1) is 12.8 Å². The van der Waals surface area contributed by atoms with Gasteiger partial charge in [0, 0.05) is 34.0 Å². The highest BCUT2D eigenvalue weighted by Crippen LogP contribution is 2.27. The Kier molecular flexibility index (Phi) is 8.03. The van der Waals surface area contributed by atoms with Crippen molar-refractivity contribution in [2.75, 3.05) is 10.6 Å². The molecule has 170 valence electrons. The number of hydrogen-bond acceptors (Lipinski definition) is 4. The second-order valence-electron chi connectivity index (χ2n) is 7.66. The number of rotatable bonds is 6. The number of halogens is 1. The van der Waals surface area contributed by atoms with Crippen molar-refractivity contribution in [3.05, 3.63) is 77.0 Å². The molecule has 0 atom stereocenters. The van der Waals surface area contributed by atoms with Crippen LogP contribution in [-0.2, 0) is 9.59 Å². The van der Waals surface area contributed by atoms with Crippen molar-refractivity contribution in [2.24, 2.45) is 5.92 Å². The van der Waals surface area contributed by atoms with E-state index in [0.717, 1.165) is 11.1 Å². The van der Waals surface area contributed by atoms with E-state index in [1.807, 2.05) is 45.0 Å². The summed E-state index contributed by atoms with van der Waals surface area (Å²) in [5, 5.41) is 9.13. The second-order valence-corrected chi connectivity index (χ2v) is 8.48. The maximum atomic E-state index is 12.2. The summed E-state index contributed by atoms with van der Waals surface area (Å²) in [5.74, 6) is 0.616. The maximum absolute atomic E-state index is 12.2. The largest absolute Gasteiger partial charge is 0.457 e. The van der Waals surface area contributed by atoms with E-state index in [4.69, 9.17) is 28.2 Å². The van der Waals surface area contributed by atoms with E-state index in [0.29, 0.717) is 27.9 Å². The zero-order chi connectivity index (χ0) is 24.0. The fourth-order valence-corrected chi connectivity index (χ4v) is 3.14. The van der Waals surface area contributed by atoms with Gasteiger partial charge in [-0.15, -0.1) is 0 Å². The zero-order valence-electron chi connectivity index (χ0n) is 18.4. The van der Waals surface area contributed by atoms with E-state index < -0.39 is 5.91 Å². The van der Waals surface area contributed by atoms with E-state index in [1.165, 1.54) is 6.08 Å². The minimum Gasteiger partial charge on any atom is -0.457 e. The summed E-state index contributed by atoms with van der Waals surface area (Å²) in [6.45, 7) is 5.58.